The Morgan fingerprint density at radius 2 is 1.32 bits per heavy atom. The first-order valence-electron chi connectivity index (χ1n) is 15.4. The third-order valence-electron chi connectivity index (χ3n) is 9.70. The van der Waals surface area contributed by atoms with E-state index in [9.17, 15) is 0 Å². The highest BCUT2D eigenvalue weighted by Gasteiger charge is 2.33. The van der Waals surface area contributed by atoms with Crippen LogP contribution in [-0.4, -0.2) is 9.97 Å². The number of benzene rings is 5. The van der Waals surface area contributed by atoms with E-state index in [2.05, 4.69) is 123 Å². The maximum absolute atomic E-state index is 4.86. The minimum absolute atomic E-state index is 0.0697. The van der Waals surface area contributed by atoms with Crippen molar-refractivity contribution in [1.82, 2.24) is 9.97 Å². The van der Waals surface area contributed by atoms with Crippen molar-refractivity contribution in [3.63, 3.8) is 0 Å². The highest BCUT2D eigenvalue weighted by atomic mass is 32.1. The standard InChI is InChI=1S/C41H30N2S/c1-41(2)35-14-5-3-9-30(35)33-22-21-28(32-12-8-15-36(41)38(32)33)27-23-42-40(43-24-27)26-19-17-25(18-20-26)29-11-7-13-34-31-10-4-6-16-37(31)44-39(29)34/h3,5-9,11-24H,4,10H2,1-2H3. The van der Waals surface area contributed by atoms with Crippen LogP contribution in [0.15, 0.2) is 116 Å². The van der Waals surface area contributed by atoms with Crippen molar-refractivity contribution in [2.75, 3.05) is 0 Å². The fourth-order valence-corrected chi connectivity index (χ4v) is 8.77. The van der Waals surface area contributed by atoms with Crippen molar-refractivity contribution in [3.8, 4) is 44.8 Å². The molecular formula is C41H30N2S. The topological polar surface area (TPSA) is 25.8 Å². The summed E-state index contributed by atoms with van der Waals surface area (Å²) < 4.78 is 1.38. The Morgan fingerprint density at radius 3 is 2.18 bits per heavy atom. The number of hydrogen-bond acceptors (Lipinski definition) is 3. The molecule has 0 fully saturated rings. The molecule has 0 bridgehead atoms. The number of aryl methyl sites for hydroxylation is 1. The minimum atomic E-state index is -0.0697. The van der Waals surface area contributed by atoms with E-state index in [1.165, 1.54) is 70.2 Å². The van der Waals surface area contributed by atoms with Gasteiger partial charge in [-0.15, -0.1) is 11.3 Å². The lowest BCUT2D eigenvalue weighted by atomic mass is 9.68. The molecule has 2 heterocycles. The summed E-state index contributed by atoms with van der Waals surface area (Å²) in [5.74, 6) is 0.744. The van der Waals surface area contributed by atoms with Crippen molar-refractivity contribution in [1.29, 1.82) is 0 Å². The van der Waals surface area contributed by atoms with Crippen LogP contribution >= 0.6 is 11.3 Å². The molecule has 2 aromatic heterocycles. The second-order valence-electron chi connectivity index (χ2n) is 12.5. The average Bonchev–Trinajstić information content (AvgIpc) is 3.46. The van der Waals surface area contributed by atoms with Gasteiger partial charge in [0, 0.05) is 38.5 Å². The molecule has 5 aromatic carbocycles. The Labute approximate surface area is 261 Å². The zero-order chi connectivity index (χ0) is 29.4. The van der Waals surface area contributed by atoms with Gasteiger partial charge in [0.1, 0.15) is 0 Å². The SMILES string of the molecule is CC1(C)c2ccccc2-c2ccc(-c3cnc(-c4ccc(-c5cccc6c7c(sc56)C=CCC7)cc4)nc3)c3cccc1c23. The van der Waals surface area contributed by atoms with Crippen LogP contribution in [0, 0.1) is 0 Å². The molecule has 0 spiro atoms. The van der Waals surface area contributed by atoms with Gasteiger partial charge in [-0.05, 0) is 79.6 Å². The van der Waals surface area contributed by atoms with Crippen molar-refractivity contribution < 1.29 is 0 Å². The molecule has 2 aliphatic carbocycles. The van der Waals surface area contributed by atoms with Crippen LogP contribution in [0.2, 0.25) is 0 Å². The summed E-state index contributed by atoms with van der Waals surface area (Å²) >= 11 is 1.91. The number of aromatic nitrogens is 2. The number of rotatable bonds is 3. The quantitative estimate of drug-likeness (QED) is 0.207. The Bertz CT molecular complexity index is 2290. The lowest BCUT2D eigenvalue weighted by Gasteiger charge is -2.35. The van der Waals surface area contributed by atoms with Gasteiger partial charge in [-0.25, -0.2) is 9.97 Å². The largest absolute Gasteiger partial charge is 0.236 e. The number of allylic oxidation sites excluding steroid dienone is 1. The summed E-state index contributed by atoms with van der Waals surface area (Å²) in [6.07, 6.45) is 10.8. The third-order valence-corrected chi connectivity index (χ3v) is 10.9. The van der Waals surface area contributed by atoms with E-state index >= 15 is 0 Å². The maximum Gasteiger partial charge on any atom is 0.159 e. The van der Waals surface area contributed by atoms with E-state index < -0.39 is 0 Å². The lowest BCUT2D eigenvalue weighted by molar-refractivity contribution is 0.645. The van der Waals surface area contributed by atoms with E-state index in [-0.39, 0.29) is 5.41 Å². The Hall–Kier alpha value is -4.86. The number of thiophene rings is 1. The number of hydrogen-bond donors (Lipinski definition) is 0. The Balaban J connectivity index is 1.07. The zero-order valence-corrected chi connectivity index (χ0v) is 25.6. The maximum atomic E-state index is 4.86. The molecule has 2 nitrogen and oxygen atoms in total. The fraction of sp³-hybridized carbons (Fsp3) is 0.122. The highest BCUT2D eigenvalue weighted by molar-refractivity contribution is 7.20. The molecule has 9 rings (SSSR count). The van der Waals surface area contributed by atoms with Gasteiger partial charge in [-0.2, -0.15) is 0 Å². The van der Waals surface area contributed by atoms with E-state index in [1.807, 2.05) is 23.7 Å². The van der Waals surface area contributed by atoms with Gasteiger partial charge in [0.2, 0.25) is 0 Å². The molecule has 0 atom stereocenters. The molecular weight excluding hydrogens is 553 g/mol. The van der Waals surface area contributed by atoms with Gasteiger partial charge in [-0.3, -0.25) is 0 Å². The summed E-state index contributed by atoms with van der Waals surface area (Å²) in [6.45, 7) is 4.68. The van der Waals surface area contributed by atoms with Gasteiger partial charge in [0.25, 0.3) is 0 Å². The average molecular weight is 583 g/mol. The second-order valence-corrected chi connectivity index (χ2v) is 13.6. The predicted molar refractivity (Wildman–Crippen MR) is 186 cm³/mol. The molecule has 0 aliphatic heterocycles. The van der Waals surface area contributed by atoms with Crippen LogP contribution in [0.3, 0.4) is 0 Å². The van der Waals surface area contributed by atoms with E-state index in [4.69, 9.17) is 9.97 Å². The van der Waals surface area contributed by atoms with Crippen LogP contribution in [0.5, 0.6) is 0 Å². The molecule has 0 saturated carbocycles. The summed E-state index contributed by atoms with van der Waals surface area (Å²) in [5.41, 5.74) is 12.6. The first-order chi connectivity index (χ1) is 21.6. The molecule has 3 heteroatoms. The van der Waals surface area contributed by atoms with E-state index in [1.54, 1.807) is 0 Å². The van der Waals surface area contributed by atoms with Gasteiger partial charge < -0.3 is 0 Å². The Kier molecular flexibility index (Phi) is 5.57. The molecule has 0 radical (unpaired) electrons. The van der Waals surface area contributed by atoms with Crippen LogP contribution in [0.4, 0.5) is 0 Å². The predicted octanol–water partition coefficient (Wildman–Crippen LogP) is 11.1. The first-order valence-corrected chi connectivity index (χ1v) is 16.2. The zero-order valence-electron chi connectivity index (χ0n) is 24.8. The summed E-state index contributed by atoms with van der Waals surface area (Å²) in [6, 6.07) is 35.5. The van der Waals surface area contributed by atoms with Gasteiger partial charge in [0.15, 0.2) is 5.82 Å². The lowest BCUT2D eigenvalue weighted by Crippen LogP contribution is -2.23. The summed E-state index contributed by atoms with van der Waals surface area (Å²) in [5, 5.41) is 4.00. The molecule has 0 N–H and O–H groups in total. The smallest absolute Gasteiger partial charge is 0.159 e. The monoisotopic (exact) mass is 582 g/mol. The molecule has 0 unspecified atom stereocenters. The normalized spacial score (nSPS) is 14.5. The summed E-state index contributed by atoms with van der Waals surface area (Å²) in [4.78, 5) is 11.1. The number of fused-ring (bicyclic) bond motifs is 5. The van der Waals surface area contributed by atoms with Crippen molar-refractivity contribution in [2.24, 2.45) is 0 Å². The van der Waals surface area contributed by atoms with Crippen LogP contribution in [-0.2, 0) is 11.8 Å². The first kappa shape index (κ1) is 25.6. The highest BCUT2D eigenvalue weighted by Crippen LogP contribution is 2.50. The van der Waals surface area contributed by atoms with Crippen molar-refractivity contribution in [2.45, 2.75) is 32.1 Å². The molecule has 44 heavy (non-hydrogen) atoms. The van der Waals surface area contributed by atoms with E-state index in [0.717, 1.165) is 29.8 Å². The van der Waals surface area contributed by atoms with Crippen molar-refractivity contribution >= 4 is 38.3 Å². The fourth-order valence-electron chi connectivity index (χ4n) is 7.45. The molecule has 0 amide bonds. The minimum Gasteiger partial charge on any atom is -0.236 e. The third kappa shape index (κ3) is 3.72. The molecule has 7 aromatic rings. The van der Waals surface area contributed by atoms with Crippen molar-refractivity contribution in [3.05, 3.63) is 137 Å². The number of nitrogens with zero attached hydrogens (tertiary/aromatic N) is 2. The molecule has 0 saturated heterocycles. The Morgan fingerprint density at radius 1 is 0.614 bits per heavy atom. The van der Waals surface area contributed by atoms with Crippen LogP contribution in [0.25, 0.3) is 71.7 Å². The molecule has 210 valence electrons. The summed E-state index contributed by atoms with van der Waals surface area (Å²) in [7, 11) is 0. The van der Waals surface area contributed by atoms with Gasteiger partial charge in [-0.1, -0.05) is 117 Å². The van der Waals surface area contributed by atoms with Gasteiger partial charge >= 0.3 is 0 Å². The van der Waals surface area contributed by atoms with Gasteiger partial charge in [0.05, 0.1) is 0 Å². The van der Waals surface area contributed by atoms with E-state index in [0.29, 0.717) is 0 Å². The van der Waals surface area contributed by atoms with Crippen LogP contribution < -0.4 is 0 Å². The molecule has 2 aliphatic rings. The van der Waals surface area contributed by atoms with Crippen LogP contribution in [0.1, 0.15) is 41.8 Å². The second kappa shape index (κ2) is 9.57.